The van der Waals surface area contributed by atoms with E-state index in [2.05, 4.69) is 30.6 Å². The predicted octanol–water partition coefficient (Wildman–Crippen LogP) is 5.14. The molecule has 4 N–H and O–H groups in total. The monoisotopic (exact) mass is 538 g/mol. The highest BCUT2D eigenvalue weighted by Gasteiger charge is 2.13. The van der Waals surface area contributed by atoms with Crippen LogP contribution in [0.25, 0.3) is 0 Å². The predicted molar refractivity (Wildman–Crippen MR) is 145 cm³/mol. The average molecular weight is 539 g/mol. The molecule has 1 amide bonds. The molecule has 1 heterocycles. The molecule has 10 nitrogen and oxygen atoms in total. The molecular weight excluding hydrogens is 516 g/mol. The van der Waals surface area contributed by atoms with Crippen LogP contribution >= 0.6 is 11.6 Å². The van der Waals surface area contributed by atoms with Gasteiger partial charge in [0.25, 0.3) is 5.91 Å². The highest BCUT2D eigenvalue weighted by atomic mass is 35.5. The molecule has 4 aromatic rings. The molecule has 0 atom stereocenters. The van der Waals surface area contributed by atoms with Gasteiger partial charge < -0.3 is 20.7 Å². The molecule has 0 radical (unpaired) electrons. The number of nitrogens with one attached hydrogen (secondary N) is 4. The SMILES string of the molecule is CNC(=O)c1ccccc1Nc1nc(Nc2ccc(Oc3ccc(NS(C)(=O)=O)cc3)cc2)ncc1Cl. The summed E-state index contributed by atoms with van der Waals surface area (Å²) >= 11 is 6.29. The minimum atomic E-state index is -3.34. The number of anilines is 5. The number of nitrogens with zero attached hydrogens (tertiary/aromatic N) is 2. The van der Waals surface area contributed by atoms with Crippen LogP contribution in [-0.2, 0) is 10.0 Å². The quantitative estimate of drug-likeness (QED) is 0.230. The van der Waals surface area contributed by atoms with Crippen LogP contribution in [0.4, 0.5) is 28.8 Å². The largest absolute Gasteiger partial charge is 0.457 e. The fourth-order valence-corrected chi connectivity index (χ4v) is 3.95. The number of amides is 1. The zero-order valence-electron chi connectivity index (χ0n) is 19.8. The minimum Gasteiger partial charge on any atom is -0.457 e. The number of aromatic nitrogens is 2. The molecule has 0 aliphatic heterocycles. The van der Waals surface area contributed by atoms with Crippen LogP contribution < -0.4 is 25.4 Å². The van der Waals surface area contributed by atoms with Crippen molar-refractivity contribution in [3.63, 3.8) is 0 Å². The number of sulfonamides is 1. The van der Waals surface area contributed by atoms with E-state index in [1.54, 1.807) is 79.8 Å². The van der Waals surface area contributed by atoms with Gasteiger partial charge in [-0.05, 0) is 60.7 Å². The summed E-state index contributed by atoms with van der Waals surface area (Å²) in [5.74, 6) is 1.53. The third-order valence-electron chi connectivity index (χ3n) is 4.90. The molecule has 3 aromatic carbocycles. The number of carbonyl (C=O) groups is 1. The Labute approximate surface area is 219 Å². The topological polar surface area (TPSA) is 134 Å². The molecule has 0 saturated carbocycles. The lowest BCUT2D eigenvalue weighted by atomic mass is 10.1. The van der Waals surface area contributed by atoms with Crippen molar-refractivity contribution in [1.82, 2.24) is 15.3 Å². The van der Waals surface area contributed by atoms with Crippen LogP contribution in [0.3, 0.4) is 0 Å². The van der Waals surface area contributed by atoms with E-state index in [-0.39, 0.29) is 5.91 Å². The Hall–Kier alpha value is -4.35. The molecule has 0 bridgehead atoms. The molecule has 37 heavy (non-hydrogen) atoms. The Bertz CT molecular complexity index is 1510. The molecule has 1 aromatic heterocycles. The highest BCUT2D eigenvalue weighted by Crippen LogP contribution is 2.28. The summed E-state index contributed by atoms with van der Waals surface area (Å²) in [6, 6.07) is 20.7. The van der Waals surface area contributed by atoms with Gasteiger partial charge in [-0.1, -0.05) is 23.7 Å². The summed E-state index contributed by atoms with van der Waals surface area (Å²) in [6.07, 6.45) is 2.55. The van der Waals surface area contributed by atoms with Crippen molar-refractivity contribution in [3.05, 3.63) is 89.6 Å². The molecule has 0 spiro atoms. The number of benzene rings is 3. The van der Waals surface area contributed by atoms with Gasteiger partial charge in [-0.3, -0.25) is 9.52 Å². The summed E-state index contributed by atoms with van der Waals surface area (Å²) in [5.41, 5.74) is 2.16. The van der Waals surface area contributed by atoms with Crippen LogP contribution in [0, 0.1) is 0 Å². The number of rotatable bonds is 9. The van der Waals surface area contributed by atoms with E-state index >= 15 is 0 Å². The molecule has 190 valence electrons. The molecule has 0 aliphatic rings. The van der Waals surface area contributed by atoms with Gasteiger partial charge >= 0.3 is 0 Å². The van der Waals surface area contributed by atoms with Gasteiger partial charge in [-0.25, -0.2) is 13.4 Å². The first-order valence-corrected chi connectivity index (χ1v) is 13.2. The van der Waals surface area contributed by atoms with Crippen molar-refractivity contribution in [2.75, 3.05) is 28.7 Å². The van der Waals surface area contributed by atoms with Gasteiger partial charge in [0.1, 0.15) is 16.5 Å². The summed E-state index contributed by atoms with van der Waals surface area (Å²) in [5, 5.41) is 9.09. The Kier molecular flexibility index (Phi) is 7.75. The molecular formula is C25H23ClN6O4S. The first-order chi connectivity index (χ1) is 17.7. The maximum Gasteiger partial charge on any atom is 0.253 e. The van der Waals surface area contributed by atoms with Crippen molar-refractivity contribution in [3.8, 4) is 11.5 Å². The van der Waals surface area contributed by atoms with Gasteiger partial charge in [0, 0.05) is 18.4 Å². The van der Waals surface area contributed by atoms with E-state index in [0.717, 1.165) is 6.26 Å². The summed E-state index contributed by atoms with van der Waals surface area (Å²) in [4.78, 5) is 20.8. The van der Waals surface area contributed by atoms with Crippen LogP contribution in [0.5, 0.6) is 11.5 Å². The summed E-state index contributed by atoms with van der Waals surface area (Å²) in [6.45, 7) is 0. The number of halogens is 1. The lowest BCUT2D eigenvalue weighted by Gasteiger charge is -2.13. The van der Waals surface area contributed by atoms with Crippen LogP contribution in [0.15, 0.2) is 79.0 Å². The third kappa shape index (κ3) is 7.09. The molecule has 12 heteroatoms. The van der Waals surface area contributed by atoms with Crippen LogP contribution in [0.1, 0.15) is 10.4 Å². The maximum absolute atomic E-state index is 12.2. The third-order valence-corrected chi connectivity index (χ3v) is 5.78. The summed E-state index contributed by atoms with van der Waals surface area (Å²) in [7, 11) is -1.78. The van der Waals surface area contributed by atoms with E-state index in [1.807, 2.05) is 0 Å². The van der Waals surface area contributed by atoms with Crippen LogP contribution in [0.2, 0.25) is 5.02 Å². The standard InChI is InChI=1S/C25H23ClN6O4S/c1-27-24(33)20-5-3-4-6-22(20)30-23-21(26)15-28-25(31-23)29-16-7-11-18(12-8-16)36-19-13-9-17(10-14-19)32-37(2,34)35/h3-15,32H,1-2H3,(H,27,33)(H2,28,29,30,31). The van der Waals surface area contributed by atoms with Crippen molar-refractivity contribution < 1.29 is 17.9 Å². The minimum absolute atomic E-state index is 0.240. The second-order valence-electron chi connectivity index (χ2n) is 7.79. The van der Waals surface area contributed by atoms with Gasteiger partial charge in [0.05, 0.1) is 23.7 Å². The van der Waals surface area contributed by atoms with Crippen molar-refractivity contribution in [1.29, 1.82) is 0 Å². The van der Waals surface area contributed by atoms with Crippen molar-refractivity contribution in [2.45, 2.75) is 0 Å². The number of carbonyl (C=O) groups excluding carboxylic acids is 1. The Balaban J connectivity index is 1.43. The fourth-order valence-electron chi connectivity index (χ4n) is 3.24. The highest BCUT2D eigenvalue weighted by molar-refractivity contribution is 7.92. The maximum atomic E-state index is 12.2. The molecule has 0 fully saturated rings. The molecule has 0 saturated heterocycles. The van der Waals surface area contributed by atoms with Gasteiger partial charge in [-0.2, -0.15) is 4.98 Å². The van der Waals surface area contributed by atoms with Crippen molar-refractivity contribution in [2.24, 2.45) is 0 Å². The van der Waals surface area contributed by atoms with Gasteiger partial charge in [-0.15, -0.1) is 0 Å². The second kappa shape index (κ2) is 11.1. The van der Waals surface area contributed by atoms with Crippen LogP contribution in [-0.4, -0.2) is 37.6 Å². The number of ether oxygens (including phenoxy) is 1. The Morgan fingerprint density at radius 2 is 1.51 bits per heavy atom. The van der Waals surface area contributed by atoms with E-state index in [0.29, 0.717) is 50.9 Å². The van der Waals surface area contributed by atoms with E-state index < -0.39 is 10.0 Å². The van der Waals surface area contributed by atoms with Gasteiger partial charge in [0.15, 0.2) is 5.82 Å². The number of para-hydroxylation sites is 1. The number of hydrogen-bond donors (Lipinski definition) is 4. The Morgan fingerprint density at radius 1 is 0.892 bits per heavy atom. The zero-order chi connectivity index (χ0) is 26.4. The summed E-state index contributed by atoms with van der Waals surface area (Å²) < 4.78 is 30.9. The number of hydrogen-bond acceptors (Lipinski definition) is 8. The first kappa shape index (κ1) is 25.7. The molecule has 4 rings (SSSR count). The Morgan fingerprint density at radius 3 is 2.14 bits per heavy atom. The van der Waals surface area contributed by atoms with Crippen molar-refractivity contribution >= 4 is 56.4 Å². The molecule has 0 unspecified atom stereocenters. The zero-order valence-corrected chi connectivity index (χ0v) is 21.4. The van der Waals surface area contributed by atoms with E-state index in [1.165, 1.54) is 6.20 Å². The lowest BCUT2D eigenvalue weighted by Crippen LogP contribution is -2.19. The second-order valence-corrected chi connectivity index (χ2v) is 9.95. The van der Waals surface area contributed by atoms with E-state index in [4.69, 9.17) is 16.3 Å². The lowest BCUT2D eigenvalue weighted by molar-refractivity contribution is 0.0964. The smallest absolute Gasteiger partial charge is 0.253 e. The van der Waals surface area contributed by atoms with E-state index in [9.17, 15) is 13.2 Å². The van der Waals surface area contributed by atoms with Gasteiger partial charge in [0.2, 0.25) is 16.0 Å². The first-order valence-electron chi connectivity index (χ1n) is 10.9. The normalized spacial score (nSPS) is 10.9. The molecule has 0 aliphatic carbocycles. The average Bonchev–Trinajstić information content (AvgIpc) is 2.87. The fraction of sp³-hybridized carbons (Fsp3) is 0.0800.